The normalized spacial score (nSPS) is 24.3. The van der Waals surface area contributed by atoms with Crippen molar-refractivity contribution in [3.8, 4) is 17.1 Å². The molecular weight excluding hydrogens is 444 g/mol. The van der Waals surface area contributed by atoms with E-state index < -0.39 is 20.1 Å². The quantitative estimate of drug-likeness (QED) is 0.705. The molecule has 0 unspecified atom stereocenters. The highest BCUT2D eigenvalue weighted by molar-refractivity contribution is 7.91. The molecule has 2 saturated heterocycles. The number of nitrogens with zero attached hydrogens (tertiary/aromatic N) is 3. The molecule has 1 aromatic heterocycles. The minimum atomic E-state index is -3.50. The fourth-order valence-corrected chi connectivity index (χ4v) is 4.97. The van der Waals surface area contributed by atoms with Gasteiger partial charge in [-0.25, -0.2) is 18.4 Å². The maximum Gasteiger partial charge on any atom is 0.185 e. The smallest absolute Gasteiger partial charge is 0.185 e. The molecule has 2 fully saturated rings. The van der Waals surface area contributed by atoms with Gasteiger partial charge in [-0.2, -0.15) is 0 Å². The predicted molar refractivity (Wildman–Crippen MR) is 124 cm³/mol. The van der Waals surface area contributed by atoms with Crippen LogP contribution in [0, 0.1) is 0 Å². The first-order chi connectivity index (χ1) is 15.5. The summed E-state index contributed by atoms with van der Waals surface area (Å²) in [6, 6.07) is 7.84. The highest BCUT2D eigenvalue weighted by atomic mass is 32.2. The van der Waals surface area contributed by atoms with Crippen LogP contribution in [0.1, 0.15) is 32.0 Å². The number of ether oxygens (including phenoxy) is 3. The molecule has 2 N–H and O–H groups in total. The molecule has 0 spiro atoms. The fourth-order valence-electron chi connectivity index (χ4n) is 4.48. The van der Waals surface area contributed by atoms with Gasteiger partial charge in [-0.05, 0) is 26.3 Å². The van der Waals surface area contributed by atoms with E-state index in [0.29, 0.717) is 56.1 Å². The standard InChI is InChI=1S/C23H30N4O5S/c1-14-9-30-10-17-11-32-18-19(22(2,3)33(4,28)29)25-20(26-21(18)27(14)17)15-5-7-16(8-6-15)23(24)12-31-13-23/h5-8,14,17H,9-13,24H2,1-4H3/t14-,17+/m1/s1. The van der Waals surface area contributed by atoms with Gasteiger partial charge in [0.1, 0.15) is 17.0 Å². The van der Waals surface area contributed by atoms with Crippen LogP contribution < -0.4 is 15.4 Å². The first kappa shape index (κ1) is 22.5. The topological polar surface area (TPSA) is 117 Å². The summed E-state index contributed by atoms with van der Waals surface area (Å²) in [5.41, 5.74) is 8.02. The van der Waals surface area contributed by atoms with Gasteiger partial charge in [0.05, 0.1) is 44.1 Å². The van der Waals surface area contributed by atoms with Gasteiger partial charge in [0.15, 0.2) is 27.2 Å². The summed E-state index contributed by atoms with van der Waals surface area (Å²) in [5, 5.41) is 0. The van der Waals surface area contributed by atoms with E-state index in [-0.39, 0.29) is 12.1 Å². The van der Waals surface area contributed by atoms with Crippen molar-refractivity contribution in [3.63, 3.8) is 0 Å². The summed E-state index contributed by atoms with van der Waals surface area (Å²) < 4.78 is 41.3. The van der Waals surface area contributed by atoms with Gasteiger partial charge < -0.3 is 24.8 Å². The molecule has 33 heavy (non-hydrogen) atoms. The van der Waals surface area contributed by atoms with Crippen LogP contribution in [-0.4, -0.2) is 69.8 Å². The number of hydrogen-bond acceptors (Lipinski definition) is 9. The Hall–Kier alpha value is -2.27. The molecule has 2 atom stereocenters. The van der Waals surface area contributed by atoms with Crippen LogP contribution in [0.4, 0.5) is 5.82 Å². The van der Waals surface area contributed by atoms with Crippen LogP contribution in [0.5, 0.6) is 5.75 Å². The molecule has 0 bridgehead atoms. The van der Waals surface area contributed by atoms with E-state index in [9.17, 15) is 8.42 Å². The second kappa shape index (κ2) is 7.63. The third-order valence-corrected chi connectivity index (χ3v) is 9.03. The lowest BCUT2D eigenvalue weighted by atomic mass is 9.89. The Bertz CT molecular complexity index is 1180. The zero-order chi connectivity index (χ0) is 23.6. The van der Waals surface area contributed by atoms with Crippen LogP contribution in [-0.2, 0) is 29.6 Å². The van der Waals surface area contributed by atoms with Crippen molar-refractivity contribution in [3.05, 3.63) is 35.5 Å². The van der Waals surface area contributed by atoms with Crippen molar-refractivity contribution >= 4 is 15.7 Å². The number of anilines is 1. The molecule has 3 aliphatic heterocycles. The zero-order valence-electron chi connectivity index (χ0n) is 19.4. The molecule has 0 saturated carbocycles. The summed E-state index contributed by atoms with van der Waals surface area (Å²) in [6.07, 6.45) is 1.22. The van der Waals surface area contributed by atoms with Gasteiger partial charge in [0.25, 0.3) is 0 Å². The zero-order valence-corrected chi connectivity index (χ0v) is 20.2. The Morgan fingerprint density at radius 2 is 1.79 bits per heavy atom. The van der Waals surface area contributed by atoms with E-state index >= 15 is 0 Å². The molecule has 0 aliphatic carbocycles. The SMILES string of the molecule is C[C@@H]1COC[C@H]2COc3c(nc(-c4ccc(C5(N)COC5)cc4)nc3C(C)(C)S(C)(=O)=O)N21. The van der Waals surface area contributed by atoms with Gasteiger partial charge in [-0.15, -0.1) is 0 Å². The van der Waals surface area contributed by atoms with E-state index in [1.807, 2.05) is 24.3 Å². The lowest BCUT2D eigenvalue weighted by Gasteiger charge is -2.45. The van der Waals surface area contributed by atoms with Gasteiger partial charge >= 0.3 is 0 Å². The molecule has 178 valence electrons. The Balaban J connectivity index is 1.66. The number of rotatable bonds is 4. The monoisotopic (exact) mass is 474 g/mol. The van der Waals surface area contributed by atoms with Crippen molar-refractivity contribution in [1.29, 1.82) is 0 Å². The minimum absolute atomic E-state index is 0.0105. The first-order valence-electron chi connectivity index (χ1n) is 11.1. The molecule has 1 aromatic carbocycles. The van der Waals surface area contributed by atoms with Gasteiger partial charge in [0.2, 0.25) is 0 Å². The van der Waals surface area contributed by atoms with Crippen molar-refractivity contribution < 1.29 is 22.6 Å². The summed E-state index contributed by atoms with van der Waals surface area (Å²) in [6.45, 7) is 7.85. The van der Waals surface area contributed by atoms with Gasteiger partial charge in [-0.3, -0.25) is 0 Å². The molecule has 4 heterocycles. The molecule has 0 radical (unpaired) electrons. The maximum atomic E-state index is 12.8. The van der Waals surface area contributed by atoms with E-state index in [0.717, 1.165) is 11.1 Å². The summed E-state index contributed by atoms with van der Waals surface area (Å²) in [5.74, 6) is 1.50. The van der Waals surface area contributed by atoms with Crippen molar-refractivity contribution in [2.24, 2.45) is 5.73 Å². The molecule has 9 nitrogen and oxygen atoms in total. The van der Waals surface area contributed by atoms with Crippen molar-refractivity contribution in [2.45, 2.75) is 43.1 Å². The highest BCUT2D eigenvalue weighted by Crippen LogP contribution is 2.44. The molecule has 2 aromatic rings. The number of nitrogens with two attached hydrogens (primary N) is 1. The molecule has 10 heteroatoms. The second-order valence-corrected chi connectivity index (χ2v) is 12.4. The number of benzene rings is 1. The van der Waals surface area contributed by atoms with Crippen molar-refractivity contribution in [1.82, 2.24) is 9.97 Å². The maximum absolute atomic E-state index is 12.8. The second-order valence-electron chi connectivity index (χ2n) is 9.82. The fraction of sp³-hybridized carbons (Fsp3) is 0.565. The molecule has 3 aliphatic rings. The van der Waals surface area contributed by atoms with E-state index in [4.69, 9.17) is 29.9 Å². The number of morpholine rings is 1. The Morgan fingerprint density at radius 1 is 1.09 bits per heavy atom. The lowest BCUT2D eigenvalue weighted by molar-refractivity contribution is -0.0569. The van der Waals surface area contributed by atoms with E-state index in [1.54, 1.807) is 13.8 Å². The molecular formula is C23H30N4O5S. The average Bonchev–Trinajstić information content (AvgIpc) is 2.76. The largest absolute Gasteiger partial charge is 0.486 e. The number of sulfone groups is 1. The Kier molecular flexibility index (Phi) is 5.20. The Morgan fingerprint density at radius 3 is 2.39 bits per heavy atom. The third-order valence-electron chi connectivity index (χ3n) is 6.98. The molecule has 0 amide bonds. The Labute approximate surface area is 194 Å². The van der Waals surface area contributed by atoms with Crippen LogP contribution in [0.2, 0.25) is 0 Å². The van der Waals surface area contributed by atoms with Crippen LogP contribution in [0.25, 0.3) is 11.4 Å². The average molecular weight is 475 g/mol. The summed E-state index contributed by atoms with van der Waals surface area (Å²) in [7, 11) is -3.50. The van der Waals surface area contributed by atoms with Gasteiger partial charge in [0, 0.05) is 11.8 Å². The highest BCUT2D eigenvalue weighted by Gasteiger charge is 2.44. The van der Waals surface area contributed by atoms with Crippen LogP contribution >= 0.6 is 0 Å². The first-order valence-corrected chi connectivity index (χ1v) is 13.0. The van der Waals surface area contributed by atoms with Crippen LogP contribution in [0.15, 0.2) is 24.3 Å². The minimum Gasteiger partial charge on any atom is -0.486 e. The predicted octanol–water partition coefficient (Wildman–Crippen LogP) is 1.59. The summed E-state index contributed by atoms with van der Waals surface area (Å²) in [4.78, 5) is 11.8. The lowest BCUT2D eigenvalue weighted by Crippen LogP contribution is -2.56. The third kappa shape index (κ3) is 3.60. The van der Waals surface area contributed by atoms with Crippen molar-refractivity contribution in [2.75, 3.05) is 44.2 Å². The number of fused-ring (bicyclic) bond motifs is 3. The number of aromatic nitrogens is 2. The van der Waals surface area contributed by atoms with Crippen LogP contribution in [0.3, 0.4) is 0 Å². The number of hydrogen-bond donors (Lipinski definition) is 1. The van der Waals surface area contributed by atoms with E-state index in [1.165, 1.54) is 6.26 Å². The molecule has 5 rings (SSSR count). The van der Waals surface area contributed by atoms with E-state index in [2.05, 4.69) is 11.8 Å². The summed E-state index contributed by atoms with van der Waals surface area (Å²) >= 11 is 0. The van der Waals surface area contributed by atoms with Gasteiger partial charge in [-0.1, -0.05) is 24.3 Å².